The highest BCUT2D eigenvalue weighted by Gasteiger charge is 2.35. The van der Waals surface area contributed by atoms with Crippen molar-refractivity contribution in [3.8, 4) is 0 Å². The van der Waals surface area contributed by atoms with Gasteiger partial charge in [-0.15, -0.1) is 0 Å². The van der Waals surface area contributed by atoms with Gasteiger partial charge in [0.1, 0.15) is 0 Å². The molecule has 1 saturated carbocycles. The van der Waals surface area contributed by atoms with Gasteiger partial charge in [0.15, 0.2) is 0 Å². The minimum Gasteiger partial charge on any atom is -0.469 e. The molecule has 0 radical (unpaired) electrons. The molecule has 0 unspecified atom stereocenters. The summed E-state index contributed by atoms with van der Waals surface area (Å²) in [7, 11) is -1.26. The number of esters is 2. The van der Waals surface area contributed by atoms with Crippen LogP contribution in [-0.4, -0.2) is 76.4 Å². The fourth-order valence-corrected chi connectivity index (χ4v) is 9.65. The van der Waals surface area contributed by atoms with Gasteiger partial charge < -0.3 is 25.0 Å². The molecule has 2 amide bonds. The van der Waals surface area contributed by atoms with E-state index in [0.717, 1.165) is 55.6 Å². The largest absolute Gasteiger partial charge is 0.469 e. The first-order valence-corrected chi connectivity index (χ1v) is 21.4. The molecule has 4 aromatic rings. The van der Waals surface area contributed by atoms with E-state index >= 15 is 0 Å². The molecule has 13 heteroatoms. The molecule has 6 rings (SSSR count). The third kappa shape index (κ3) is 10.1. The maximum absolute atomic E-state index is 14.1. The predicted molar refractivity (Wildman–Crippen MR) is 224 cm³/mol. The summed E-state index contributed by atoms with van der Waals surface area (Å²) in [4.78, 5) is 54.0. The zero-order valence-electron chi connectivity index (χ0n) is 33.4. The van der Waals surface area contributed by atoms with Crippen LogP contribution in [-0.2, 0) is 37.1 Å². The summed E-state index contributed by atoms with van der Waals surface area (Å²) in [5, 5.41) is 5.92. The molecule has 306 valence electrons. The van der Waals surface area contributed by atoms with Crippen molar-refractivity contribution in [2.24, 2.45) is 5.92 Å². The number of amides is 2. The molecular formula is C45H52N4O8S. The van der Waals surface area contributed by atoms with Crippen molar-refractivity contribution in [2.75, 3.05) is 49.4 Å². The zero-order valence-corrected chi connectivity index (χ0v) is 34.2. The summed E-state index contributed by atoms with van der Waals surface area (Å²) < 4.78 is 39.1. The molecule has 0 bridgehead atoms. The monoisotopic (exact) mass is 808 g/mol. The highest BCUT2D eigenvalue weighted by Crippen LogP contribution is 2.32. The second-order valence-corrected chi connectivity index (χ2v) is 16.7. The van der Waals surface area contributed by atoms with E-state index < -0.39 is 21.8 Å². The van der Waals surface area contributed by atoms with Crippen LogP contribution in [0.3, 0.4) is 0 Å². The number of nitrogens with zero attached hydrogens (tertiary/aromatic N) is 2. The topological polar surface area (TPSA) is 151 Å². The first-order chi connectivity index (χ1) is 28.0. The van der Waals surface area contributed by atoms with Crippen LogP contribution in [0.15, 0.2) is 95.9 Å². The predicted octanol–water partition coefficient (Wildman–Crippen LogP) is 7.50. The van der Waals surface area contributed by atoms with Gasteiger partial charge in [-0.2, -0.15) is 4.31 Å². The number of aryl methyl sites for hydroxylation is 2. The van der Waals surface area contributed by atoms with Crippen LogP contribution >= 0.6 is 0 Å². The Kier molecular flexibility index (Phi) is 14.0. The highest BCUT2D eigenvalue weighted by atomic mass is 32.2. The van der Waals surface area contributed by atoms with E-state index in [4.69, 9.17) is 9.47 Å². The van der Waals surface area contributed by atoms with Crippen LogP contribution in [0, 0.1) is 5.92 Å². The van der Waals surface area contributed by atoms with Crippen LogP contribution in [0.5, 0.6) is 0 Å². The van der Waals surface area contributed by atoms with Gasteiger partial charge in [0, 0.05) is 42.6 Å². The van der Waals surface area contributed by atoms with Gasteiger partial charge in [0.2, 0.25) is 10.0 Å². The lowest BCUT2D eigenvalue weighted by Gasteiger charge is -2.34. The van der Waals surface area contributed by atoms with Crippen molar-refractivity contribution in [2.45, 2.75) is 75.6 Å². The van der Waals surface area contributed by atoms with Crippen LogP contribution < -0.4 is 15.5 Å². The number of ether oxygens (including phenoxy) is 2. The molecule has 1 aliphatic heterocycles. The van der Waals surface area contributed by atoms with Gasteiger partial charge in [0.05, 0.1) is 41.8 Å². The normalized spacial score (nSPS) is 17.0. The summed E-state index contributed by atoms with van der Waals surface area (Å²) >= 11 is 0. The van der Waals surface area contributed by atoms with Crippen molar-refractivity contribution in [3.05, 3.63) is 119 Å². The van der Waals surface area contributed by atoms with Gasteiger partial charge >= 0.3 is 11.9 Å². The van der Waals surface area contributed by atoms with E-state index in [9.17, 15) is 27.6 Å². The van der Waals surface area contributed by atoms with Gasteiger partial charge in [-0.1, -0.05) is 37.3 Å². The number of carbonyl (C=O) groups is 4. The summed E-state index contributed by atoms with van der Waals surface area (Å²) in [6.45, 7) is 3.75. The molecule has 0 spiro atoms. The third-order valence-corrected chi connectivity index (χ3v) is 13.2. The van der Waals surface area contributed by atoms with Gasteiger partial charge in [-0.05, 0) is 130 Å². The molecule has 58 heavy (non-hydrogen) atoms. The maximum atomic E-state index is 14.1. The second kappa shape index (κ2) is 19.3. The molecule has 2 N–H and O–H groups in total. The average molecular weight is 809 g/mol. The highest BCUT2D eigenvalue weighted by molar-refractivity contribution is 7.89. The Balaban J connectivity index is 1.19. The van der Waals surface area contributed by atoms with Crippen molar-refractivity contribution in [1.82, 2.24) is 4.31 Å². The molecule has 1 saturated heterocycles. The van der Waals surface area contributed by atoms with Gasteiger partial charge in [-0.3, -0.25) is 14.4 Å². The lowest BCUT2D eigenvalue weighted by Crippen LogP contribution is -2.43. The zero-order chi connectivity index (χ0) is 41.2. The molecule has 1 aliphatic carbocycles. The number of rotatable bonds is 14. The minimum absolute atomic E-state index is 0.00593. The third-order valence-electron chi connectivity index (χ3n) is 11.1. The summed E-state index contributed by atoms with van der Waals surface area (Å²) in [5.74, 6) is -1.85. The fraction of sp³-hybridized carbons (Fsp3) is 0.378. The summed E-state index contributed by atoms with van der Waals surface area (Å²) in [6.07, 6.45) is 6.82. The van der Waals surface area contributed by atoms with E-state index in [1.165, 1.54) is 30.7 Å². The summed E-state index contributed by atoms with van der Waals surface area (Å²) in [5.41, 5.74) is 4.73. The lowest BCUT2D eigenvalue weighted by atomic mass is 9.86. The van der Waals surface area contributed by atoms with E-state index in [-0.39, 0.29) is 46.5 Å². The molecule has 12 nitrogen and oxygen atoms in total. The molecule has 4 aromatic carbocycles. The number of benzene rings is 4. The average Bonchev–Trinajstić information content (AvgIpc) is 3.26. The van der Waals surface area contributed by atoms with Crippen LogP contribution in [0.4, 0.5) is 17.1 Å². The number of anilines is 3. The lowest BCUT2D eigenvalue weighted by molar-refractivity contribution is -0.146. The number of piperidine rings is 1. The minimum atomic E-state index is -3.98. The number of sulfonamides is 1. The number of hydrogen-bond acceptors (Lipinski definition) is 9. The van der Waals surface area contributed by atoms with Crippen molar-refractivity contribution >= 4 is 50.8 Å². The van der Waals surface area contributed by atoms with E-state index in [1.807, 2.05) is 42.5 Å². The van der Waals surface area contributed by atoms with Crippen LogP contribution in [0.25, 0.3) is 0 Å². The van der Waals surface area contributed by atoms with Crippen molar-refractivity contribution in [1.29, 1.82) is 0 Å². The Morgan fingerprint density at radius 2 is 1.43 bits per heavy atom. The SMILES string of the molecule is CCN(C1CCC(C(=O)OC)CC1)S(=O)(=O)c1cccc(C(=O)Nc2ccc(N3CCCCC3)cc2C(=O)Nc2cccc(CCc3ccc(C(=O)OC)cc3)c2)c1. The number of hydrogen-bond donors (Lipinski definition) is 2. The number of methoxy groups -OCH3 is 2. The van der Waals surface area contributed by atoms with Crippen molar-refractivity contribution in [3.63, 3.8) is 0 Å². The number of carbonyl (C=O) groups excluding carboxylic acids is 4. The van der Waals surface area contributed by atoms with E-state index in [1.54, 1.807) is 43.3 Å². The molecule has 1 heterocycles. The van der Waals surface area contributed by atoms with E-state index in [0.29, 0.717) is 49.0 Å². The Bertz CT molecular complexity index is 2210. The first kappa shape index (κ1) is 42.1. The molecule has 2 fully saturated rings. The second-order valence-electron chi connectivity index (χ2n) is 14.8. The van der Waals surface area contributed by atoms with E-state index in [2.05, 4.69) is 15.5 Å². The Morgan fingerprint density at radius 1 is 0.724 bits per heavy atom. The van der Waals surface area contributed by atoms with Gasteiger partial charge in [0.25, 0.3) is 11.8 Å². The standard InChI is InChI=1S/C45H52N4O8S/c1-4-49(37-22-20-34(21-23-37)45(53)57-3)58(54,55)39-13-9-11-35(29-39)42(50)47-41-25-24-38(48-26-6-5-7-27-48)30-40(41)43(51)46-36-12-8-10-32(28-36)15-14-31-16-18-33(19-17-31)44(52)56-2/h8-13,16-19,24-25,28-30,34,37H,4-7,14-15,20-23,26-27H2,1-3H3,(H,46,51)(H,47,50). The molecule has 2 aliphatic rings. The fourth-order valence-electron chi connectivity index (χ4n) is 7.91. The van der Waals surface area contributed by atoms with Crippen molar-refractivity contribution < 1.29 is 37.1 Å². The van der Waals surface area contributed by atoms with Crippen LogP contribution in [0.1, 0.15) is 94.1 Å². The summed E-state index contributed by atoms with van der Waals surface area (Å²) in [6, 6.07) is 26.0. The number of nitrogens with one attached hydrogen (secondary N) is 2. The van der Waals surface area contributed by atoms with Gasteiger partial charge in [-0.25, -0.2) is 13.2 Å². The Hall–Kier alpha value is -5.53. The Labute approximate surface area is 341 Å². The van der Waals surface area contributed by atoms with Crippen LogP contribution in [0.2, 0.25) is 0 Å². The quantitative estimate of drug-likeness (QED) is 0.124. The Morgan fingerprint density at radius 3 is 2.12 bits per heavy atom. The first-order valence-electron chi connectivity index (χ1n) is 20.0. The molecule has 0 atom stereocenters. The molecular weight excluding hydrogens is 757 g/mol. The molecule has 0 aromatic heterocycles. The smallest absolute Gasteiger partial charge is 0.337 e. The maximum Gasteiger partial charge on any atom is 0.337 e.